The standard InChI is InChI=1S/C13H20N4O/c1-10-3-2-7-17(8-6-10)13(18)12-5-4-11(16-14)9-15-12/h4-5,9-10,16H,2-3,6-8,14H2,1H3. The highest BCUT2D eigenvalue weighted by atomic mass is 16.2. The van der Waals surface area contributed by atoms with E-state index in [1.807, 2.05) is 4.90 Å². The van der Waals surface area contributed by atoms with Crippen molar-refractivity contribution in [3.63, 3.8) is 0 Å². The molecule has 1 aliphatic rings. The number of nitrogen functional groups attached to an aromatic ring is 1. The van der Waals surface area contributed by atoms with E-state index in [-0.39, 0.29) is 5.91 Å². The number of hydrogen-bond acceptors (Lipinski definition) is 4. The first kappa shape index (κ1) is 12.8. The maximum absolute atomic E-state index is 12.3. The number of hydrazine groups is 1. The second kappa shape index (κ2) is 5.82. The molecule has 1 fully saturated rings. The molecular weight excluding hydrogens is 228 g/mol. The fourth-order valence-corrected chi connectivity index (χ4v) is 2.23. The molecule has 2 heterocycles. The van der Waals surface area contributed by atoms with Crippen LogP contribution in [-0.2, 0) is 0 Å². The number of nitrogens with zero attached hydrogens (tertiary/aromatic N) is 2. The fourth-order valence-electron chi connectivity index (χ4n) is 2.23. The zero-order chi connectivity index (χ0) is 13.0. The number of amides is 1. The van der Waals surface area contributed by atoms with Gasteiger partial charge >= 0.3 is 0 Å². The number of nitrogens with two attached hydrogens (primary N) is 1. The predicted octanol–water partition coefficient (Wildman–Crippen LogP) is 1.63. The fraction of sp³-hybridized carbons (Fsp3) is 0.538. The highest BCUT2D eigenvalue weighted by Crippen LogP contribution is 2.18. The average Bonchev–Trinajstić information content (AvgIpc) is 2.63. The summed E-state index contributed by atoms with van der Waals surface area (Å²) in [6.07, 6.45) is 4.93. The van der Waals surface area contributed by atoms with E-state index in [2.05, 4.69) is 17.3 Å². The summed E-state index contributed by atoms with van der Waals surface area (Å²) in [7, 11) is 0. The molecule has 5 heteroatoms. The molecule has 1 aromatic heterocycles. The highest BCUT2D eigenvalue weighted by molar-refractivity contribution is 5.92. The number of pyridine rings is 1. The summed E-state index contributed by atoms with van der Waals surface area (Å²) < 4.78 is 0. The smallest absolute Gasteiger partial charge is 0.272 e. The van der Waals surface area contributed by atoms with Crippen LogP contribution in [0.3, 0.4) is 0 Å². The van der Waals surface area contributed by atoms with E-state index < -0.39 is 0 Å². The monoisotopic (exact) mass is 248 g/mol. The van der Waals surface area contributed by atoms with E-state index in [0.29, 0.717) is 17.3 Å². The zero-order valence-electron chi connectivity index (χ0n) is 10.7. The highest BCUT2D eigenvalue weighted by Gasteiger charge is 2.20. The van der Waals surface area contributed by atoms with Crippen LogP contribution in [0.5, 0.6) is 0 Å². The molecule has 98 valence electrons. The molecule has 3 N–H and O–H groups in total. The molecule has 0 spiro atoms. The summed E-state index contributed by atoms with van der Waals surface area (Å²) in [5.41, 5.74) is 3.70. The molecule has 0 saturated carbocycles. The predicted molar refractivity (Wildman–Crippen MR) is 71.0 cm³/mol. The van der Waals surface area contributed by atoms with Crippen LogP contribution in [0.4, 0.5) is 5.69 Å². The van der Waals surface area contributed by atoms with E-state index in [4.69, 9.17) is 5.84 Å². The van der Waals surface area contributed by atoms with Crippen molar-refractivity contribution in [2.75, 3.05) is 18.5 Å². The number of hydrogen-bond donors (Lipinski definition) is 2. The Morgan fingerprint density at radius 2 is 2.28 bits per heavy atom. The van der Waals surface area contributed by atoms with E-state index in [9.17, 15) is 4.79 Å². The summed E-state index contributed by atoms with van der Waals surface area (Å²) in [5, 5.41) is 0. The Kier molecular flexibility index (Phi) is 4.15. The summed E-state index contributed by atoms with van der Waals surface area (Å²) in [6.45, 7) is 3.91. The van der Waals surface area contributed by atoms with E-state index in [0.717, 1.165) is 25.9 Å². The Bertz CT molecular complexity index is 404. The van der Waals surface area contributed by atoms with Gasteiger partial charge < -0.3 is 10.3 Å². The lowest BCUT2D eigenvalue weighted by atomic mass is 10.0. The number of rotatable bonds is 2. The second-order valence-electron chi connectivity index (χ2n) is 4.90. The van der Waals surface area contributed by atoms with Gasteiger partial charge in [0.15, 0.2) is 0 Å². The summed E-state index contributed by atoms with van der Waals surface area (Å²) >= 11 is 0. The Hall–Kier alpha value is -1.62. The van der Waals surface area contributed by atoms with Gasteiger partial charge in [-0.3, -0.25) is 10.6 Å². The van der Waals surface area contributed by atoms with Gasteiger partial charge in [-0.1, -0.05) is 6.92 Å². The number of carbonyl (C=O) groups excluding carboxylic acids is 1. The van der Waals surface area contributed by atoms with E-state index >= 15 is 0 Å². The Balaban J connectivity index is 2.05. The topological polar surface area (TPSA) is 71.2 Å². The van der Waals surface area contributed by atoms with Gasteiger partial charge in [0.05, 0.1) is 11.9 Å². The largest absolute Gasteiger partial charge is 0.337 e. The molecule has 1 aliphatic heterocycles. The van der Waals surface area contributed by atoms with Gasteiger partial charge in [0, 0.05) is 13.1 Å². The molecule has 0 bridgehead atoms. The van der Waals surface area contributed by atoms with Gasteiger partial charge in [-0.05, 0) is 37.3 Å². The first-order valence-corrected chi connectivity index (χ1v) is 6.42. The van der Waals surface area contributed by atoms with Gasteiger partial charge in [0.2, 0.25) is 0 Å². The number of anilines is 1. The molecule has 1 unspecified atom stereocenters. The average molecular weight is 248 g/mol. The molecule has 0 aliphatic carbocycles. The molecular formula is C13H20N4O. The molecule has 1 aromatic rings. The molecule has 5 nitrogen and oxygen atoms in total. The van der Waals surface area contributed by atoms with Crippen molar-refractivity contribution < 1.29 is 4.79 Å². The number of carbonyl (C=O) groups is 1. The summed E-state index contributed by atoms with van der Waals surface area (Å²) in [4.78, 5) is 18.3. The third-order valence-electron chi connectivity index (χ3n) is 3.45. The van der Waals surface area contributed by atoms with Gasteiger partial charge in [-0.15, -0.1) is 0 Å². The number of nitrogens with one attached hydrogen (secondary N) is 1. The maximum Gasteiger partial charge on any atom is 0.272 e. The third kappa shape index (κ3) is 2.98. The van der Waals surface area contributed by atoms with E-state index in [1.54, 1.807) is 18.3 Å². The quantitative estimate of drug-likeness (QED) is 0.616. The SMILES string of the molecule is CC1CCCN(C(=O)c2ccc(NN)cn2)CC1. The lowest BCUT2D eigenvalue weighted by Crippen LogP contribution is -2.32. The summed E-state index contributed by atoms with van der Waals surface area (Å²) in [6, 6.07) is 3.48. The molecule has 1 atom stereocenters. The molecule has 0 radical (unpaired) electrons. The molecule has 18 heavy (non-hydrogen) atoms. The van der Waals surface area contributed by atoms with Crippen molar-refractivity contribution in [3.05, 3.63) is 24.0 Å². The Labute approximate surface area is 107 Å². The van der Waals surface area contributed by atoms with Crippen LogP contribution in [-0.4, -0.2) is 28.9 Å². The maximum atomic E-state index is 12.3. The minimum absolute atomic E-state index is 0.0210. The van der Waals surface area contributed by atoms with Gasteiger partial charge in [0.1, 0.15) is 5.69 Å². The van der Waals surface area contributed by atoms with Crippen molar-refractivity contribution in [3.8, 4) is 0 Å². The Morgan fingerprint density at radius 3 is 2.94 bits per heavy atom. The summed E-state index contributed by atoms with van der Waals surface area (Å²) in [5.74, 6) is 6.00. The number of likely N-dealkylation sites (tertiary alicyclic amines) is 1. The van der Waals surface area contributed by atoms with Crippen molar-refractivity contribution in [2.45, 2.75) is 26.2 Å². The molecule has 1 amide bonds. The minimum atomic E-state index is 0.0210. The van der Waals surface area contributed by atoms with Crippen molar-refractivity contribution in [1.29, 1.82) is 0 Å². The zero-order valence-corrected chi connectivity index (χ0v) is 10.7. The molecule has 1 saturated heterocycles. The minimum Gasteiger partial charge on any atom is -0.337 e. The van der Waals surface area contributed by atoms with Crippen molar-refractivity contribution in [1.82, 2.24) is 9.88 Å². The van der Waals surface area contributed by atoms with Crippen molar-refractivity contribution in [2.24, 2.45) is 11.8 Å². The van der Waals surface area contributed by atoms with Crippen LogP contribution in [0, 0.1) is 5.92 Å². The molecule has 0 aromatic carbocycles. The lowest BCUT2D eigenvalue weighted by molar-refractivity contribution is 0.0754. The Morgan fingerprint density at radius 1 is 1.44 bits per heavy atom. The van der Waals surface area contributed by atoms with Crippen LogP contribution in [0.15, 0.2) is 18.3 Å². The normalized spacial score (nSPS) is 20.3. The van der Waals surface area contributed by atoms with Crippen LogP contribution < -0.4 is 11.3 Å². The number of aromatic nitrogens is 1. The third-order valence-corrected chi connectivity index (χ3v) is 3.45. The first-order chi connectivity index (χ1) is 8.70. The van der Waals surface area contributed by atoms with Crippen molar-refractivity contribution >= 4 is 11.6 Å². The van der Waals surface area contributed by atoms with Gasteiger partial charge in [-0.2, -0.15) is 0 Å². The van der Waals surface area contributed by atoms with Gasteiger partial charge in [0.25, 0.3) is 5.91 Å². The van der Waals surface area contributed by atoms with Crippen LogP contribution in [0.2, 0.25) is 0 Å². The van der Waals surface area contributed by atoms with E-state index in [1.165, 1.54) is 6.42 Å². The molecule has 2 rings (SSSR count). The lowest BCUT2D eigenvalue weighted by Gasteiger charge is -2.20. The second-order valence-corrected chi connectivity index (χ2v) is 4.90. The van der Waals surface area contributed by atoms with Gasteiger partial charge in [-0.25, -0.2) is 4.98 Å². The first-order valence-electron chi connectivity index (χ1n) is 6.42. The van der Waals surface area contributed by atoms with Crippen LogP contribution in [0.25, 0.3) is 0 Å². The van der Waals surface area contributed by atoms with Crippen LogP contribution in [0.1, 0.15) is 36.7 Å². The van der Waals surface area contributed by atoms with Crippen LogP contribution >= 0.6 is 0 Å².